The van der Waals surface area contributed by atoms with Crippen LogP contribution in [0, 0.1) is 0 Å². The van der Waals surface area contributed by atoms with E-state index in [4.69, 9.17) is 0 Å². The van der Waals surface area contributed by atoms with E-state index in [0.717, 1.165) is 14.7 Å². The minimum Gasteiger partial charge on any atom is -0.296 e. The fourth-order valence-electron chi connectivity index (χ4n) is 1.77. The number of thiazole rings is 1. The van der Waals surface area contributed by atoms with Crippen LogP contribution in [-0.4, -0.2) is 20.7 Å². The zero-order valence-corrected chi connectivity index (χ0v) is 14.2. The maximum absolute atomic E-state index is 12.2. The van der Waals surface area contributed by atoms with Gasteiger partial charge in [-0.1, -0.05) is 27.3 Å². The molecule has 0 spiro atoms. The first-order valence-corrected chi connectivity index (χ1v) is 8.00. The van der Waals surface area contributed by atoms with Crippen molar-refractivity contribution in [2.75, 3.05) is 5.32 Å². The molecule has 1 N–H and O–H groups in total. The van der Waals surface area contributed by atoms with E-state index in [1.54, 1.807) is 13.2 Å². The smallest absolute Gasteiger partial charge is 0.276 e. The van der Waals surface area contributed by atoms with Crippen LogP contribution in [0.2, 0.25) is 0 Å². The van der Waals surface area contributed by atoms with Gasteiger partial charge < -0.3 is 0 Å². The highest BCUT2D eigenvalue weighted by molar-refractivity contribution is 9.10. The summed E-state index contributed by atoms with van der Waals surface area (Å²) in [6.45, 7) is 0. The molecule has 0 saturated heterocycles. The van der Waals surface area contributed by atoms with Gasteiger partial charge in [-0.05, 0) is 34.1 Å². The summed E-state index contributed by atoms with van der Waals surface area (Å²) >= 11 is 8.16. The summed E-state index contributed by atoms with van der Waals surface area (Å²) in [6, 6.07) is 5.81. The minimum atomic E-state index is -0.241. The number of nitrogens with one attached hydrogen (secondary N) is 1. The van der Waals surface area contributed by atoms with Crippen molar-refractivity contribution < 1.29 is 4.79 Å². The molecule has 5 nitrogen and oxygen atoms in total. The molecule has 8 heteroatoms. The van der Waals surface area contributed by atoms with Crippen LogP contribution in [0.4, 0.5) is 5.13 Å². The summed E-state index contributed by atoms with van der Waals surface area (Å²) in [7, 11) is 1.72. The number of carbonyl (C=O) groups is 1. The van der Waals surface area contributed by atoms with Crippen LogP contribution in [0.5, 0.6) is 0 Å². The van der Waals surface area contributed by atoms with Crippen LogP contribution < -0.4 is 5.32 Å². The van der Waals surface area contributed by atoms with Crippen molar-refractivity contribution in [1.29, 1.82) is 0 Å². The number of rotatable bonds is 2. The quantitative estimate of drug-likeness (QED) is 0.692. The van der Waals surface area contributed by atoms with E-state index in [2.05, 4.69) is 47.3 Å². The van der Waals surface area contributed by atoms with E-state index in [1.807, 2.05) is 18.2 Å². The molecule has 1 amide bonds. The SMILES string of the molecule is Cn1ncc(Br)c1C(=O)Nc1nc2ccc(Br)cc2s1. The first-order valence-electron chi connectivity index (χ1n) is 5.59. The molecule has 0 fully saturated rings. The molecular formula is C12H8Br2N4OS. The standard InChI is InChI=1S/C12H8Br2N4OS/c1-18-10(7(14)5-15-18)11(19)17-12-16-8-3-2-6(13)4-9(8)20-12/h2-5H,1H3,(H,16,17,19). The molecule has 0 unspecified atom stereocenters. The number of hydrogen-bond acceptors (Lipinski definition) is 4. The lowest BCUT2D eigenvalue weighted by Crippen LogP contribution is -2.16. The van der Waals surface area contributed by atoms with Gasteiger partial charge in [0.15, 0.2) is 5.13 Å². The predicted molar refractivity (Wildman–Crippen MR) is 86.2 cm³/mol. The number of hydrogen-bond donors (Lipinski definition) is 1. The van der Waals surface area contributed by atoms with Gasteiger partial charge >= 0.3 is 0 Å². The van der Waals surface area contributed by atoms with Crippen LogP contribution in [-0.2, 0) is 7.05 Å². The molecule has 3 rings (SSSR count). The Morgan fingerprint density at radius 1 is 1.40 bits per heavy atom. The Balaban J connectivity index is 1.91. The lowest BCUT2D eigenvalue weighted by molar-refractivity contribution is 0.101. The second-order valence-corrected chi connectivity index (χ2v) is 6.85. The van der Waals surface area contributed by atoms with Gasteiger partial charge in [0, 0.05) is 11.5 Å². The number of benzene rings is 1. The molecule has 1 aromatic carbocycles. The van der Waals surface area contributed by atoms with E-state index in [1.165, 1.54) is 16.0 Å². The third-order valence-corrected chi connectivity index (χ3v) is 4.69. The van der Waals surface area contributed by atoms with Crippen molar-refractivity contribution in [3.63, 3.8) is 0 Å². The van der Waals surface area contributed by atoms with Crippen molar-refractivity contribution in [1.82, 2.24) is 14.8 Å². The van der Waals surface area contributed by atoms with Gasteiger partial charge in [-0.15, -0.1) is 0 Å². The van der Waals surface area contributed by atoms with Crippen LogP contribution in [0.25, 0.3) is 10.2 Å². The average Bonchev–Trinajstić information content (AvgIpc) is 2.92. The highest BCUT2D eigenvalue weighted by Crippen LogP contribution is 2.29. The van der Waals surface area contributed by atoms with Crippen LogP contribution in [0.1, 0.15) is 10.5 Å². The molecule has 0 saturated carbocycles. The summed E-state index contributed by atoms with van der Waals surface area (Å²) in [5, 5.41) is 7.38. The molecule has 0 aliphatic heterocycles. The van der Waals surface area contributed by atoms with Crippen molar-refractivity contribution in [2.45, 2.75) is 0 Å². The third kappa shape index (κ3) is 2.50. The van der Waals surface area contributed by atoms with Crippen molar-refractivity contribution in [3.05, 3.63) is 39.0 Å². The monoisotopic (exact) mass is 414 g/mol. The molecule has 20 heavy (non-hydrogen) atoms. The number of amides is 1. The van der Waals surface area contributed by atoms with Crippen LogP contribution in [0.15, 0.2) is 33.3 Å². The Morgan fingerprint density at radius 3 is 2.90 bits per heavy atom. The Kier molecular flexibility index (Phi) is 3.61. The number of halogens is 2. The van der Waals surface area contributed by atoms with Crippen LogP contribution in [0.3, 0.4) is 0 Å². The molecule has 102 valence electrons. The van der Waals surface area contributed by atoms with E-state index in [-0.39, 0.29) is 5.91 Å². The highest BCUT2D eigenvalue weighted by atomic mass is 79.9. The molecule has 2 aromatic heterocycles. The number of aryl methyl sites for hydroxylation is 1. The van der Waals surface area contributed by atoms with Gasteiger partial charge in [0.2, 0.25) is 0 Å². The van der Waals surface area contributed by atoms with Gasteiger partial charge in [-0.2, -0.15) is 5.10 Å². The topological polar surface area (TPSA) is 59.8 Å². The maximum Gasteiger partial charge on any atom is 0.276 e. The zero-order valence-electron chi connectivity index (χ0n) is 10.2. The molecule has 0 aliphatic carbocycles. The van der Waals surface area contributed by atoms with Gasteiger partial charge in [-0.25, -0.2) is 4.98 Å². The highest BCUT2D eigenvalue weighted by Gasteiger charge is 2.17. The predicted octanol–water partition coefficient (Wildman–Crippen LogP) is 3.81. The second kappa shape index (κ2) is 5.27. The molecule has 0 aliphatic rings. The largest absolute Gasteiger partial charge is 0.296 e. The number of aromatic nitrogens is 3. The van der Waals surface area contributed by atoms with E-state index in [9.17, 15) is 4.79 Å². The lowest BCUT2D eigenvalue weighted by atomic mass is 10.3. The van der Waals surface area contributed by atoms with E-state index in [0.29, 0.717) is 15.3 Å². The molecular weight excluding hydrogens is 408 g/mol. The molecule has 0 bridgehead atoms. The molecule has 2 heterocycles. The Bertz CT molecular complexity index is 792. The van der Waals surface area contributed by atoms with Crippen LogP contribution >= 0.6 is 43.2 Å². The normalized spacial score (nSPS) is 10.9. The Hall–Kier alpha value is -1.25. The van der Waals surface area contributed by atoms with Crippen molar-refractivity contribution >= 4 is 64.5 Å². The molecule has 3 aromatic rings. The van der Waals surface area contributed by atoms with Gasteiger partial charge in [-0.3, -0.25) is 14.8 Å². The number of anilines is 1. The number of carbonyl (C=O) groups excluding carboxylic acids is 1. The second-order valence-electron chi connectivity index (χ2n) is 4.05. The Morgan fingerprint density at radius 2 is 2.20 bits per heavy atom. The molecule has 0 atom stereocenters. The van der Waals surface area contributed by atoms with E-state index >= 15 is 0 Å². The lowest BCUT2D eigenvalue weighted by Gasteiger charge is -2.02. The van der Waals surface area contributed by atoms with E-state index < -0.39 is 0 Å². The Labute approximate surface area is 135 Å². The summed E-state index contributed by atoms with van der Waals surface area (Å²) in [4.78, 5) is 16.6. The fraction of sp³-hybridized carbons (Fsp3) is 0.0833. The minimum absolute atomic E-state index is 0.241. The average molecular weight is 416 g/mol. The summed E-state index contributed by atoms with van der Waals surface area (Å²) < 4.78 is 4.17. The summed E-state index contributed by atoms with van der Waals surface area (Å²) in [6.07, 6.45) is 1.59. The number of fused-ring (bicyclic) bond motifs is 1. The van der Waals surface area contributed by atoms with Crippen molar-refractivity contribution in [2.24, 2.45) is 7.05 Å². The first kappa shape index (κ1) is 13.7. The van der Waals surface area contributed by atoms with Gasteiger partial charge in [0.1, 0.15) is 5.69 Å². The van der Waals surface area contributed by atoms with Gasteiger partial charge in [0.05, 0.1) is 20.9 Å². The first-order chi connectivity index (χ1) is 9.54. The van der Waals surface area contributed by atoms with Gasteiger partial charge in [0.25, 0.3) is 5.91 Å². The summed E-state index contributed by atoms with van der Waals surface area (Å²) in [5.74, 6) is -0.241. The zero-order chi connectivity index (χ0) is 14.3. The summed E-state index contributed by atoms with van der Waals surface area (Å²) in [5.41, 5.74) is 1.32. The third-order valence-electron chi connectivity index (χ3n) is 2.68. The maximum atomic E-state index is 12.2. The molecule has 0 radical (unpaired) electrons. The number of nitrogens with zero attached hydrogens (tertiary/aromatic N) is 3. The van der Waals surface area contributed by atoms with Crippen molar-refractivity contribution in [3.8, 4) is 0 Å². The fourth-order valence-corrected chi connectivity index (χ4v) is 3.72.